The van der Waals surface area contributed by atoms with Crippen LogP contribution in [0.3, 0.4) is 0 Å². The fourth-order valence-electron chi connectivity index (χ4n) is 2.94. The smallest absolute Gasteiger partial charge is 0.457 e. The number of H-pyrrole nitrogens is 1. The average Bonchev–Trinajstić information content (AvgIpc) is 3.12. The van der Waals surface area contributed by atoms with E-state index in [4.69, 9.17) is 4.74 Å². The SMILES string of the molecule is Cc1nc2cc[nH]n2c(=O)c1-c1ccc(Oc2ccc(OC(F)(F)F)cc2)cc1. The molecule has 0 aliphatic rings. The number of aryl methyl sites for hydroxylation is 1. The van der Waals surface area contributed by atoms with Gasteiger partial charge in [0.05, 0.1) is 11.3 Å². The number of halogens is 3. The van der Waals surface area contributed by atoms with Crippen LogP contribution in [-0.4, -0.2) is 21.0 Å². The monoisotopic (exact) mass is 401 g/mol. The molecule has 9 heteroatoms. The number of hydrogen-bond acceptors (Lipinski definition) is 4. The van der Waals surface area contributed by atoms with Gasteiger partial charge in [-0.05, 0) is 48.9 Å². The molecule has 29 heavy (non-hydrogen) atoms. The normalized spacial score (nSPS) is 11.6. The number of aromatic nitrogens is 3. The zero-order chi connectivity index (χ0) is 20.6. The van der Waals surface area contributed by atoms with E-state index in [1.807, 2.05) is 0 Å². The molecule has 0 saturated heterocycles. The van der Waals surface area contributed by atoms with Gasteiger partial charge in [0.25, 0.3) is 5.56 Å². The van der Waals surface area contributed by atoms with Crippen molar-refractivity contribution in [3.05, 3.63) is 76.8 Å². The van der Waals surface area contributed by atoms with Crippen LogP contribution in [0.1, 0.15) is 5.69 Å². The number of nitrogens with one attached hydrogen (secondary N) is 1. The van der Waals surface area contributed by atoms with Crippen molar-refractivity contribution in [1.82, 2.24) is 14.6 Å². The Bertz CT molecular complexity index is 1210. The number of fused-ring (bicyclic) bond motifs is 1. The fourth-order valence-corrected chi connectivity index (χ4v) is 2.94. The van der Waals surface area contributed by atoms with Crippen LogP contribution in [-0.2, 0) is 0 Å². The standard InChI is InChI=1S/C20H14F3N3O3/c1-12-18(19(27)26-17(25-12)10-11-24-26)13-2-4-14(5-3-13)28-15-6-8-16(9-7-15)29-20(21,22)23/h2-11,24H,1H3. The summed E-state index contributed by atoms with van der Waals surface area (Å²) in [5, 5.41) is 2.82. The minimum Gasteiger partial charge on any atom is -0.457 e. The Labute approximate surface area is 162 Å². The summed E-state index contributed by atoms with van der Waals surface area (Å²) in [5.74, 6) is 0.478. The second-order valence-electron chi connectivity index (χ2n) is 6.18. The van der Waals surface area contributed by atoms with Crippen molar-refractivity contribution in [1.29, 1.82) is 0 Å². The van der Waals surface area contributed by atoms with Gasteiger partial charge in [0.15, 0.2) is 5.65 Å². The predicted octanol–water partition coefficient (Wildman–Crippen LogP) is 4.69. The van der Waals surface area contributed by atoms with E-state index in [0.717, 1.165) is 0 Å². The summed E-state index contributed by atoms with van der Waals surface area (Å²) in [6, 6.07) is 13.5. The van der Waals surface area contributed by atoms with Gasteiger partial charge in [0.1, 0.15) is 17.2 Å². The summed E-state index contributed by atoms with van der Waals surface area (Å²) in [6.07, 6.45) is -3.11. The Balaban J connectivity index is 1.55. The molecule has 0 aliphatic carbocycles. The molecule has 4 rings (SSSR count). The first kappa shape index (κ1) is 18.6. The molecule has 2 aromatic carbocycles. The number of ether oxygens (including phenoxy) is 2. The summed E-state index contributed by atoms with van der Waals surface area (Å²) in [5.41, 5.74) is 2.06. The molecule has 0 atom stereocenters. The second-order valence-corrected chi connectivity index (χ2v) is 6.18. The van der Waals surface area contributed by atoms with E-state index < -0.39 is 6.36 Å². The predicted molar refractivity (Wildman–Crippen MR) is 99.2 cm³/mol. The molecule has 2 heterocycles. The number of aromatic amines is 1. The molecular formula is C20H14F3N3O3. The Hall–Kier alpha value is -3.75. The Kier molecular flexibility index (Phi) is 4.50. The van der Waals surface area contributed by atoms with Crippen molar-refractivity contribution in [2.45, 2.75) is 13.3 Å². The van der Waals surface area contributed by atoms with Crippen molar-refractivity contribution in [2.24, 2.45) is 0 Å². The molecule has 0 saturated carbocycles. The lowest BCUT2D eigenvalue weighted by Crippen LogP contribution is -2.18. The van der Waals surface area contributed by atoms with Crippen molar-refractivity contribution in [3.8, 4) is 28.4 Å². The van der Waals surface area contributed by atoms with Crippen LogP contribution >= 0.6 is 0 Å². The number of hydrogen-bond donors (Lipinski definition) is 1. The zero-order valence-electron chi connectivity index (χ0n) is 15.0. The third-order valence-corrected chi connectivity index (χ3v) is 4.16. The second kappa shape index (κ2) is 7.01. The van der Waals surface area contributed by atoms with Crippen LogP contribution in [0.5, 0.6) is 17.2 Å². The van der Waals surface area contributed by atoms with Gasteiger partial charge in [-0.15, -0.1) is 13.2 Å². The lowest BCUT2D eigenvalue weighted by atomic mass is 10.1. The minimum atomic E-state index is -4.74. The van der Waals surface area contributed by atoms with Gasteiger partial charge in [0.2, 0.25) is 0 Å². The first-order valence-electron chi connectivity index (χ1n) is 8.51. The van der Waals surface area contributed by atoms with E-state index in [2.05, 4.69) is 14.8 Å². The Morgan fingerprint density at radius 3 is 2.14 bits per heavy atom. The van der Waals surface area contributed by atoms with Crippen LogP contribution in [0, 0.1) is 6.92 Å². The van der Waals surface area contributed by atoms with Crippen molar-refractivity contribution >= 4 is 5.65 Å². The average molecular weight is 401 g/mol. The highest BCUT2D eigenvalue weighted by Gasteiger charge is 2.31. The summed E-state index contributed by atoms with van der Waals surface area (Å²) in [7, 11) is 0. The maximum atomic E-state index is 12.7. The maximum absolute atomic E-state index is 12.7. The molecule has 0 unspecified atom stereocenters. The van der Waals surface area contributed by atoms with Crippen LogP contribution < -0.4 is 15.0 Å². The van der Waals surface area contributed by atoms with Crippen molar-refractivity contribution in [2.75, 3.05) is 0 Å². The van der Waals surface area contributed by atoms with Gasteiger partial charge in [-0.3, -0.25) is 9.89 Å². The highest BCUT2D eigenvalue weighted by atomic mass is 19.4. The number of benzene rings is 2. The Morgan fingerprint density at radius 2 is 1.52 bits per heavy atom. The quantitative estimate of drug-likeness (QED) is 0.539. The largest absolute Gasteiger partial charge is 0.573 e. The number of rotatable bonds is 4. The van der Waals surface area contributed by atoms with E-state index in [1.165, 1.54) is 28.8 Å². The van der Waals surface area contributed by atoms with Crippen LogP contribution in [0.25, 0.3) is 16.8 Å². The molecule has 0 aliphatic heterocycles. The first-order valence-corrected chi connectivity index (χ1v) is 8.51. The molecule has 148 valence electrons. The van der Waals surface area contributed by atoms with Crippen molar-refractivity contribution < 1.29 is 22.6 Å². The lowest BCUT2D eigenvalue weighted by molar-refractivity contribution is -0.274. The first-order chi connectivity index (χ1) is 13.8. The van der Waals surface area contributed by atoms with E-state index in [-0.39, 0.29) is 11.3 Å². The molecule has 6 nitrogen and oxygen atoms in total. The number of alkyl halides is 3. The maximum Gasteiger partial charge on any atom is 0.573 e. The minimum absolute atomic E-state index is 0.216. The third-order valence-electron chi connectivity index (χ3n) is 4.16. The van der Waals surface area contributed by atoms with Gasteiger partial charge in [0, 0.05) is 12.3 Å². The molecule has 0 radical (unpaired) electrons. The molecule has 1 N–H and O–H groups in total. The van der Waals surface area contributed by atoms with Gasteiger partial charge >= 0.3 is 6.36 Å². The number of nitrogens with zero attached hydrogens (tertiary/aromatic N) is 2. The summed E-state index contributed by atoms with van der Waals surface area (Å²) in [4.78, 5) is 17.1. The molecule has 2 aromatic heterocycles. The highest BCUT2D eigenvalue weighted by Crippen LogP contribution is 2.28. The highest BCUT2D eigenvalue weighted by molar-refractivity contribution is 5.67. The van der Waals surface area contributed by atoms with Crippen LogP contribution in [0.4, 0.5) is 13.2 Å². The van der Waals surface area contributed by atoms with Gasteiger partial charge < -0.3 is 9.47 Å². The Morgan fingerprint density at radius 1 is 0.931 bits per heavy atom. The van der Waals surface area contributed by atoms with Gasteiger partial charge in [-0.25, -0.2) is 9.50 Å². The lowest BCUT2D eigenvalue weighted by Gasteiger charge is -2.10. The summed E-state index contributed by atoms with van der Waals surface area (Å²) >= 11 is 0. The summed E-state index contributed by atoms with van der Waals surface area (Å²) in [6.45, 7) is 1.76. The fraction of sp³-hybridized carbons (Fsp3) is 0.100. The molecule has 0 spiro atoms. The zero-order valence-corrected chi connectivity index (χ0v) is 15.0. The molecule has 0 fully saturated rings. The van der Waals surface area contributed by atoms with Gasteiger partial charge in [-0.2, -0.15) is 0 Å². The van der Waals surface area contributed by atoms with Gasteiger partial charge in [-0.1, -0.05) is 12.1 Å². The molecule has 0 bridgehead atoms. The topological polar surface area (TPSA) is 68.6 Å². The van der Waals surface area contributed by atoms with E-state index in [0.29, 0.717) is 34.0 Å². The third kappa shape index (κ3) is 3.93. The van der Waals surface area contributed by atoms with Crippen LogP contribution in [0.15, 0.2) is 65.6 Å². The molecule has 0 amide bonds. The summed E-state index contributed by atoms with van der Waals surface area (Å²) < 4.78 is 47.4. The van der Waals surface area contributed by atoms with E-state index in [1.54, 1.807) is 43.5 Å². The molecular weight excluding hydrogens is 387 g/mol. The van der Waals surface area contributed by atoms with Crippen LogP contribution in [0.2, 0.25) is 0 Å². The van der Waals surface area contributed by atoms with E-state index in [9.17, 15) is 18.0 Å². The van der Waals surface area contributed by atoms with E-state index >= 15 is 0 Å². The molecule has 4 aromatic rings. The van der Waals surface area contributed by atoms with Crippen molar-refractivity contribution in [3.63, 3.8) is 0 Å².